The summed E-state index contributed by atoms with van der Waals surface area (Å²) in [4.78, 5) is 1.44. The maximum absolute atomic E-state index is 8.68. The molecular weight excluding hydrogens is 440 g/mol. The first-order valence-corrected chi connectivity index (χ1v) is 15.0. The molecule has 0 saturated heterocycles. The highest BCUT2D eigenvalue weighted by Crippen LogP contribution is 2.41. The van der Waals surface area contributed by atoms with Gasteiger partial charge in [0, 0.05) is 16.9 Å². The Bertz CT molecular complexity index is 739. The van der Waals surface area contributed by atoms with E-state index in [2.05, 4.69) is 82.3 Å². The number of hydrogen-bond donors (Lipinski definition) is 1. The van der Waals surface area contributed by atoms with Crippen LogP contribution in [0.25, 0.3) is 0 Å². The van der Waals surface area contributed by atoms with Crippen molar-refractivity contribution >= 4 is 35.1 Å². The molecule has 1 aromatic rings. The van der Waals surface area contributed by atoms with Gasteiger partial charge in [0.25, 0.3) is 0 Å². The van der Waals surface area contributed by atoms with Gasteiger partial charge in [0.05, 0.1) is 11.4 Å². The molecular formula is C29H48N2S2. The topological polar surface area (TPSA) is 27.1 Å². The van der Waals surface area contributed by atoms with E-state index in [1.165, 1.54) is 49.1 Å². The summed E-state index contributed by atoms with van der Waals surface area (Å²) >= 11 is 3.92. The summed E-state index contributed by atoms with van der Waals surface area (Å²) in [6.07, 6.45) is 17.3. The predicted octanol–water partition coefficient (Wildman–Crippen LogP) is 10.1. The lowest BCUT2D eigenvalue weighted by Gasteiger charge is -2.42. The first kappa shape index (κ1) is 29.9. The van der Waals surface area contributed by atoms with E-state index in [1.54, 1.807) is 0 Å². The Kier molecular flexibility index (Phi) is 15.7. The lowest BCUT2D eigenvalue weighted by atomic mass is 9.91. The van der Waals surface area contributed by atoms with Crippen LogP contribution in [0.4, 0.5) is 5.69 Å². The Hall–Kier alpha value is -1.13. The maximum Gasteiger partial charge on any atom is 0.0633 e. The normalized spacial score (nSPS) is 21.2. The Morgan fingerprint density at radius 2 is 1.64 bits per heavy atom. The smallest absolute Gasteiger partial charge is 0.0633 e. The molecule has 4 heteroatoms. The van der Waals surface area contributed by atoms with Crippen LogP contribution >= 0.6 is 23.7 Å². The van der Waals surface area contributed by atoms with Crippen molar-refractivity contribution in [3.8, 4) is 0 Å². The van der Waals surface area contributed by atoms with Crippen LogP contribution in [0.1, 0.15) is 105 Å². The summed E-state index contributed by atoms with van der Waals surface area (Å²) in [5.74, 6) is 2.28. The summed E-state index contributed by atoms with van der Waals surface area (Å²) in [7, 11) is 0. The van der Waals surface area contributed by atoms with Gasteiger partial charge in [0.15, 0.2) is 0 Å². The molecule has 1 aliphatic rings. The molecule has 0 fully saturated rings. The molecule has 1 heterocycles. The molecule has 0 aliphatic carbocycles. The monoisotopic (exact) mass is 488 g/mol. The Labute approximate surface area is 213 Å². The molecule has 1 unspecified atom stereocenters. The zero-order valence-corrected chi connectivity index (χ0v) is 23.7. The third-order valence-corrected chi connectivity index (χ3v) is 8.73. The number of thioether (sulfide) groups is 1. The number of para-hydroxylation sites is 1. The van der Waals surface area contributed by atoms with E-state index in [9.17, 15) is 0 Å². The van der Waals surface area contributed by atoms with Crippen LogP contribution in [-0.2, 0) is 0 Å². The van der Waals surface area contributed by atoms with Crippen molar-refractivity contribution in [1.29, 1.82) is 5.41 Å². The van der Waals surface area contributed by atoms with Crippen molar-refractivity contribution < 1.29 is 0 Å². The minimum absolute atomic E-state index is 0.0605. The summed E-state index contributed by atoms with van der Waals surface area (Å²) in [5.41, 5.74) is 2.87. The standard InChI is InChI=1S/C24H36N2S2.C5H12/c1-5-8-19-28-26-23-15-10-9-13-21(23)22(25)14-11-12-20(27-18-6-2)16-17-24(26,4)7-3;1-3-5-4-2/h9-15,25H,5-8,16-19H2,1-4H3;3-5H2,1-2H3/b14-11-,20-12+,25-22?;. The minimum Gasteiger partial charge on any atom is -0.310 e. The van der Waals surface area contributed by atoms with Crippen molar-refractivity contribution in [2.24, 2.45) is 0 Å². The number of unbranched alkanes of at least 4 members (excludes halogenated alkanes) is 3. The van der Waals surface area contributed by atoms with E-state index in [0.717, 1.165) is 36.3 Å². The highest BCUT2D eigenvalue weighted by Gasteiger charge is 2.32. The van der Waals surface area contributed by atoms with Crippen molar-refractivity contribution in [2.45, 2.75) is 105 Å². The van der Waals surface area contributed by atoms with Crippen molar-refractivity contribution in [3.05, 3.63) is 53.0 Å². The number of fused-ring (bicyclic) bond motifs is 1. The van der Waals surface area contributed by atoms with E-state index < -0.39 is 0 Å². The molecule has 2 rings (SSSR count). The Morgan fingerprint density at radius 3 is 2.24 bits per heavy atom. The zero-order chi connectivity index (χ0) is 24.5. The van der Waals surface area contributed by atoms with Crippen molar-refractivity contribution in [3.63, 3.8) is 0 Å². The summed E-state index contributed by atoms with van der Waals surface area (Å²) < 4.78 is 2.54. The van der Waals surface area contributed by atoms with Gasteiger partial charge in [-0.1, -0.05) is 90.7 Å². The predicted molar refractivity (Wildman–Crippen MR) is 156 cm³/mol. The molecule has 1 aromatic carbocycles. The summed E-state index contributed by atoms with van der Waals surface area (Å²) in [6.45, 7) is 13.6. The fourth-order valence-corrected chi connectivity index (χ4v) is 5.96. The number of rotatable bonds is 10. The van der Waals surface area contributed by atoms with Crippen LogP contribution in [0.2, 0.25) is 0 Å². The molecule has 0 bridgehead atoms. The Balaban J connectivity index is 0.000000981. The number of allylic oxidation sites excluding steroid dienone is 4. The van der Waals surface area contributed by atoms with Crippen molar-refractivity contribution in [1.82, 2.24) is 0 Å². The van der Waals surface area contributed by atoms with E-state index in [4.69, 9.17) is 5.41 Å². The van der Waals surface area contributed by atoms with Crippen LogP contribution in [0, 0.1) is 5.41 Å². The number of benzene rings is 1. The average molecular weight is 489 g/mol. The number of nitrogens with one attached hydrogen (secondary N) is 1. The molecule has 0 spiro atoms. The Morgan fingerprint density at radius 1 is 0.939 bits per heavy atom. The van der Waals surface area contributed by atoms with Gasteiger partial charge in [-0.2, -0.15) is 0 Å². The molecule has 186 valence electrons. The molecule has 1 atom stereocenters. The molecule has 0 radical (unpaired) electrons. The van der Waals surface area contributed by atoms with Gasteiger partial charge in [0.1, 0.15) is 0 Å². The molecule has 0 amide bonds. The largest absolute Gasteiger partial charge is 0.310 e. The van der Waals surface area contributed by atoms with E-state index in [0.29, 0.717) is 5.71 Å². The van der Waals surface area contributed by atoms with Crippen LogP contribution < -0.4 is 4.31 Å². The molecule has 1 N–H and O–H groups in total. The minimum atomic E-state index is 0.0605. The second-order valence-corrected chi connectivity index (χ2v) is 11.2. The fourth-order valence-electron chi connectivity index (χ4n) is 3.64. The number of nitrogens with zero attached hydrogens (tertiary/aromatic N) is 1. The molecule has 0 aromatic heterocycles. The highest BCUT2D eigenvalue weighted by atomic mass is 32.2. The second-order valence-electron chi connectivity index (χ2n) is 8.96. The highest BCUT2D eigenvalue weighted by molar-refractivity contribution is 8.03. The zero-order valence-electron chi connectivity index (χ0n) is 22.1. The summed E-state index contributed by atoms with van der Waals surface area (Å²) in [6, 6.07) is 8.46. The van der Waals surface area contributed by atoms with Gasteiger partial charge in [-0.15, -0.1) is 11.8 Å². The van der Waals surface area contributed by atoms with E-state index in [-0.39, 0.29) is 5.54 Å². The molecule has 2 nitrogen and oxygen atoms in total. The number of anilines is 1. The molecule has 0 saturated carbocycles. The van der Waals surface area contributed by atoms with Gasteiger partial charge < -0.3 is 9.71 Å². The third kappa shape index (κ3) is 10.3. The van der Waals surface area contributed by atoms with Crippen LogP contribution in [-0.4, -0.2) is 22.8 Å². The van der Waals surface area contributed by atoms with Gasteiger partial charge in [-0.25, -0.2) is 0 Å². The van der Waals surface area contributed by atoms with E-state index >= 15 is 0 Å². The molecule has 33 heavy (non-hydrogen) atoms. The van der Waals surface area contributed by atoms with E-state index in [1.807, 2.05) is 29.8 Å². The average Bonchev–Trinajstić information content (AvgIpc) is 2.85. The van der Waals surface area contributed by atoms with Crippen LogP contribution in [0.5, 0.6) is 0 Å². The van der Waals surface area contributed by atoms with Gasteiger partial charge in [0.2, 0.25) is 0 Å². The summed E-state index contributed by atoms with van der Waals surface area (Å²) in [5, 5.41) is 8.68. The van der Waals surface area contributed by atoms with Gasteiger partial charge in [-0.05, 0) is 73.8 Å². The maximum atomic E-state index is 8.68. The SMILES string of the molecule is CCCCC.CCCCSN1c2ccccc2C(=N)/C=C\C=C(\SCCC)CCC1(C)CC. The van der Waals surface area contributed by atoms with Crippen LogP contribution in [0.3, 0.4) is 0 Å². The second kappa shape index (κ2) is 17.3. The molecule has 1 aliphatic heterocycles. The van der Waals surface area contributed by atoms with Crippen LogP contribution in [0.15, 0.2) is 47.4 Å². The lowest BCUT2D eigenvalue weighted by molar-refractivity contribution is 0.430. The first-order valence-electron chi connectivity index (χ1n) is 13.1. The van der Waals surface area contributed by atoms with Gasteiger partial charge >= 0.3 is 0 Å². The quantitative estimate of drug-likeness (QED) is 0.262. The fraction of sp³-hybridized carbons (Fsp3) is 0.621. The third-order valence-electron chi connectivity index (χ3n) is 6.04. The van der Waals surface area contributed by atoms with Crippen molar-refractivity contribution in [2.75, 3.05) is 15.8 Å². The number of hydrogen-bond acceptors (Lipinski definition) is 4. The lowest BCUT2D eigenvalue weighted by Crippen LogP contribution is -2.42. The van der Waals surface area contributed by atoms with Gasteiger partial charge in [-0.3, -0.25) is 0 Å². The first-order chi connectivity index (χ1) is 16.0.